The fraction of sp³-hybridized carbons (Fsp3) is 0.296. The van der Waals surface area contributed by atoms with Gasteiger partial charge in [-0.15, -0.1) is 10.2 Å². The van der Waals surface area contributed by atoms with Gasteiger partial charge in [0.25, 0.3) is 0 Å². The topological polar surface area (TPSA) is 125 Å². The first kappa shape index (κ1) is 25.0. The van der Waals surface area contributed by atoms with Crippen LogP contribution in [0, 0.1) is 0 Å². The van der Waals surface area contributed by atoms with Crippen molar-refractivity contribution in [3.05, 3.63) is 84.1 Å². The van der Waals surface area contributed by atoms with Crippen LogP contribution in [0.2, 0.25) is 0 Å². The number of anilines is 1. The quantitative estimate of drug-likeness (QED) is 0.177. The van der Waals surface area contributed by atoms with Crippen molar-refractivity contribution >= 4 is 17.6 Å². The van der Waals surface area contributed by atoms with Gasteiger partial charge >= 0.3 is 5.97 Å². The summed E-state index contributed by atoms with van der Waals surface area (Å²) in [5, 5.41) is 16.8. The first-order valence-electron chi connectivity index (χ1n) is 12.3. The number of hydrogen-bond donors (Lipinski definition) is 0. The highest BCUT2D eigenvalue weighted by molar-refractivity contribution is 5.93. The van der Waals surface area contributed by atoms with E-state index in [0.29, 0.717) is 48.1 Å². The fourth-order valence-electron chi connectivity index (χ4n) is 4.26. The molecule has 38 heavy (non-hydrogen) atoms. The van der Waals surface area contributed by atoms with Crippen LogP contribution < -0.4 is 14.4 Å². The average molecular weight is 514 g/mol. The molecule has 0 N–H and O–H groups in total. The lowest BCUT2D eigenvalue weighted by Gasteiger charge is -2.16. The van der Waals surface area contributed by atoms with Gasteiger partial charge in [-0.05, 0) is 49.2 Å². The van der Waals surface area contributed by atoms with Crippen molar-refractivity contribution in [2.24, 2.45) is 0 Å². The van der Waals surface area contributed by atoms with E-state index in [1.54, 1.807) is 54.5 Å². The maximum atomic E-state index is 12.6. The minimum absolute atomic E-state index is 0.00319. The van der Waals surface area contributed by atoms with Gasteiger partial charge in [-0.25, -0.2) is 4.68 Å². The zero-order chi connectivity index (χ0) is 26.3. The molecule has 194 valence electrons. The number of carbonyl (C=O) groups is 2. The van der Waals surface area contributed by atoms with Crippen molar-refractivity contribution in [2.75, 3.05) is 25.1 Å². The first-order chi connectivity index (χ1) is 18.6. The number of nitrogens with zero attached hydrogens (tertiary/aromatic N) is 7. The second-order valence-corrected chi connectivity index (χ2v) is 8.93. The van der Waals surface area contributed by atoms with Gasteiger partial charge in [0.05, 0.1) is 31.5 Å². The molecule has 0 spiro atoms. The van der Waals surface area contributed by atoms with Gasteiger partial charge < -0.3 is 14.4 Å². The Morgan fingerprint density at radius 2 is 1.89 bits per heavy atom. The summed E-state index contributed by atoms with van der Waals surface area (Å²) in [6.07, 6.45) is 5.18. The van der Waals surface area contributed by atoms with E-state index >= 15 is 0 Å². The molecule has 3 aromatic heterocycles. The molecule has 1 aliphatic heterocycles. The molecule has 1 fully saturated rings. The molecule has 0 radical (unpaired) electrons. The molecule has 1 aliphatic rings. The van der Waals surface area contributed by atoms with Crippen LogP contribution in [0.4, 0.5) is 5.82 Å². The Balaban J connectivity index is 1.12. The van der Waals surface area contributed by atoms with E-state index in [-0.39, 0.29) is 18.2 Å². The van der Waals surface area contributed by atoms with E-state index in [2.05, 4.69) is 30.4 Å². The lowest BCUT2D eigenvalue weighted by atomic mass is 10.1. The number of aromatic nitrogens is 6. The summed E-state index contributed by atoms with van der Waals surface area (Å²) < 4.78 is 12.3. The number of methoxy groups -OCH3 is 1. The highest BCUT2D eigenvalue weighted by Crippen LogP contribution is 2.25. The summed E-state index contributed by atoms with van der Waals surface area (Å²) in [6.45, 7) is 1.43. The zero-order valence-electron chi connectivity index (χ0n) is 20.9. The van der Waals surface area contributed by atoms with Crippen molar-refractivity contribution in [3.63, 3.8) is 0 Å². The van der Waals surface area contributed by atoms with Crippen LogP contribution in [-0.4, -0.2) is 62.1 Å². The van der Waals surface area contributed by atoms with Crippen molar-refractivity contribution in [1.29, 1.82) is 0 Å². The Labute approximate surface area is 219 Å². The highest BCUT2D eigenvalue weighted by Gasteiger charge is 2.27. The van der Waals surface area contributed by atoms with Crippen LogP contribution in [0.3, 0.4) is 0 Å². The second-order valence-electron chi connectivity index (χ2n) is 8.93. The van der Waals surface area contributed by atoms with E-state index < -0.39 is 5.97 Å². The molecule has 1 unspecified atom stereocenters. The minimum atomic E-state index is -0.432. The molecule has 4 heterocycles. The van der Waals surface area contributed by atoms with Crippen LogP contribution >= 0.6 is 0 Å². The Bertz CT molecular complexity index is 1390. The van der Waals surface area contributed by atoms with Crippen LogP contribution in [0.15, 0.2) is 67.0 Å². The minimum Gasteiger partial charge on any atom is -0.497 e. The van der Waals surface area contributed by atoms with Crippen LogP contribution in [-0.2, 0) is 17.6 Å². The SMILES string of the molecule is COc1cccc(OC(=O)Cc2ccc(N3CCC(n4cc(C(=O)CCc5ccccn5)nn4)C3)nn2)c1. The van der Waals surface area contributed by atoms with Crippen LogP contribution in [0.5, 0.6) is 11.5 Å². The van der Waals surface area contributed by atoms with Crippen LogP contribution in [0.1, 0.15) is 40.8 Å². The summed E-state index contributed by atoms with van der Waals surface area (Å²) >= 11 is 0. The molecular formula is C27H27N7O4. The van der Waals surface area contributed by atoms with Crippen molar-refractivity contribution in [1.82, 2.24) is 30.2 Å². The Morgan fingerprint density at radius 1 is 1.00 bits per heavy atom. The van der Waals surface area contributed by atoms with Gasteiger partial charge in [-0.2, -0.15) is 5.10 Å². The van der Waals surface area contributed by atoms with Gasteiger partial charge in [-0.1, -0.05) is 17.3 Å². The van der Waals surface area contributed by atoms with E-state index in [4.69, 9.17) is 9.47 Å². The molecular weight excluding hydrogens is 486 g/mol. The molecule has 1 atom stereocenters. The first-order valence-corrected chi connectivity index (χ1v) is 12.3. The van der Waals surface area contributed by atoms with Gasteiger partial charge in [0.15, 0.2) is 11.6 Å². The van der Waals surface area contributed by atoms with Crippen LogP contribution in [0.25, 0.3) is 0 Å². The van der Waals surface area contributed by atoms with Crippen molar-refractivity contribution in [3.8, 4) is 11.5 Å². The van der Waals surface area contributed by atoms with Gasteiger partial charge in [0.2, 0.25) is 0 Å². The summed E-state index contributed by atoms with van der Waals surface area (Å²) in [5.41, 5.74) is 1.76. The fourth-order valence-corrected chi connectivity index (χ4v) is 4.26. The predicted molar refractivity (Wildman–Crippen MR) is 137 cm³/mol. The number of rotatable bonds is 10. The van der Waals surface area contributed by atoms with Crippen molar-refractivity contribution in [2.45, 2.75) is 31.7 Å². The number of esters is 1. The van der Waals surface area contributed by atoms with Gasteiger partial charge in [-0.3, -0.25) is 14.6 Å². The van der Waals surface area contributed by atoms with E-state index in [1.165, 1.54) is 0 Å². The third kappa shape index (κ3) is 6.17. The molecule has 0 amide bonds. The lowest BCUT2D eigenvalue weighted by Crippen LogP contribution is -2.23. The molecule has 0 saturated carbocycles. The number of ketones is 1. The summed E-state index contributed by atoms with van der Waals surface area (Å²) in [7, 11) is 1.55. The number of hydrogen-bond acceptors (Lipinski definition) is 10. The number of ether oxygens (including phenoxy) is 2. The molecule has 11 nitrogen and oxygen atoms in total. The smallest absolute Gasteiger partial charge is 0.317 e. The Hall–Kier alpha value is -4.67. The largest absolute Gasteiger partial charge is 0.497 e. The van der Waals surface area contributed by atoms with Crippen molar-refractivity contribution < 1.29 is 19.1 Å². The molecule has 1 aromatic carbocycles. The Kier molecular flexibility index (Phi) is 7.62. The molecule has 11 heteroatoms. The lowest BCUT2D eigenvalue weighted by molar-refractivity contribution is -0.133. The maximum absolute atomic E-state index is 12.6. The Morgan fingerprint density at radius 3 is 2.68 bits per heavy atom. The van der Waals surface area contributed by atoms with Gasteiger partial charge in [0, 0.05) is 37.5 Å². The molecule has 0 aliphatic carbocycles. The highest BCUT2D eigenvalue weighted by atomic mass is 16.5. The number of aryl methyl sites for hydroxylation is 1. The standard InChI is InChI=1S/C27H27N7O4/c1-37-22-6-4-7-23(16-22)38-27(36)15-20-9-11-26(31-29-20)33-14-12-21(17-33)34-18-24(30-32-34)25(35)10-8-19-5-2-3-13-28-19/h2-7,9,11,13,16,18,21H,8,10,12,14-15,17H2,1H3. The summed E-state index contributed by atoms with van der Waals surface area (Å²) in [5.74, 6) is 1.25. The second kappa shape index (κ2) is 11.6. The number of pyridine rings is 1. The summed E-state index contributed by atoms with van der Waals surface area (Å²) in [6, 6.07) is 16.2. The number of carbonyl (C=O) groups excluding carboxylic acids is 2. The number of Topliss-reactive ketones (excluding diaryl/α,β-unsaturated/α-hetero) is 1. The van der Waals surface area contributed by atoms with E-state index in [0.717, 1.165) is 18.7 Å². The monoisotopic (exact) mass is 513 g/mol. The molecule has 1 saturated heterocycles. The third-order valence-electron chi connectivity index (χ3n) is 6.30. The predicted octanol–water partition coefficient (Wildman–Crippen LogP) is 2.89. The maximum Gasteiger partial charge on any atom is 0.317 e. The van der Waals surface area contributed by atoms with Gasteiger partial charge in [0.1, 0.15) is 17.2 Å². The normalized spacial score (nSPS) is 14.9. The molecule has 4 aromatic rings. The molecule has 5 rings (SSSR count). The zero-order valence-corrected chi connectivity index (χ0v) is 20.9. The molecule has 0 bridgehead atoms. The van der Waals surface area contributed by atoms with E-state index in [1.807, 2.05) is 24.3 Å². The number of benzene rings is 1. The third-order valence-corrected chi connectivity index (χ3v) is 6.30. The van der Waals surface area contributed by atoms with E-state index in [9.17, 15) is 9.59 Å². The summed E-state index contributed by atoms with van der Waals surface area (Å²) in [4.78, 5) is 31.2. The average Bonchev–Trinajstić information content (AvgIpc) is 3.63.